The summed E-state index contributed by atoms with van der Waals surface area (Å²) in [5.74, 6) is -0.597. The number of carbonyl (C=O) groups excluding carboxylic acids is 2. The topological polar surface area (TPSA) is 117 Å². The van der Waals surface area contributed by atoms with E-state index in [1.165, 1.54) is 139 Å². The normalized spacial score (nSPS) is 17.2. The number of aromatic nitrogens is 2. The van der Waals surface area contributed by atoms with E-state index in [1.807, 2.05) is 0 Å². The monoisotopic (exact) mass is 719 g/mol. The molecule has 0 saturated carbocycles. The Morgan fingerprint density at radius 1 is 0.667 bits per heavy atom. The zero-order valence-electron chi connectivity index (χ0n) is 32.8. The number of H-pyrrole nitrogens is 1. The summed E-state index contributed by atoms with van der Waals surface area (Å²) >= 11 is 0. The van der Waals surface area contributed by atoms with Gasteiger partial charge in [-0.05, 0) is 19.8 Å². The average molecular weight is 719 g/mol. The van der Waals surface area contributed by atoms with Crippen LogP contribution < -0.4 is 11.2 Å². The van der Waals surface area contributed by atoms with E-state index in [0.29, 0.717) is 18.4 Å². The molecule has 1 aromatic heterocycles. The summed E-state index contributed by atoms with van der Waals surface area (Å²) in [6, 6.07) is 0. The number of hydrogen-bond donors (Lipinski definition) is 1. The number of aryl methyl sites for hydroxylation is 1. The minimum Gasteiger partial charge on any atom is -0.463 e. The fourth-order valence-electron chi connectivity index (χ4n) is 6.99. The van der Waals surface area contributed by atoms with Crippen molar-refractivity contribution in [2.45, 2.75) is 225 Å². The van der Waals surface area contributed by atoms with Gasteiger partial charge in [0.2, 0.25) is 0 Å². The first kappa shape index (κ1) is 44.7. The van der Waals surface area contributed by atoms with Crippen molar-refractivity contribution >= 4 is 11.9 Å². The van der Waals surface area contributed by atoms with Gasteiger partial charge in [-0.1, -0.05) is 168 Å². The second-order valence-electron chi connectivity index (χ2n) is 15.0. The van der Waals surface area contributed by atoms with Gasteiger partial charge in [-0.15, -0.1) is 0 Å². The molecular formula is C42H74N2O7. The number of esters is 2. The Morgan fingerprint density at radius 3 is 1.53 bits per heavy atom. The minimum absolute atomic E-state index is 0.0540. The number of carbonyl (C=O) groups is 2. The number of unbranched alkanes of at least 4 members (excludes halogenated alkanes) is 24. The lowest BCUT2D eigenvalue weighted by atomic mass is 10.0. The molecule has 1 fully saturated rings. The maximum Gasteiger partial charge on any atom is 0.330 e. The van der Waals surface area contributed by atoms with Crippen LogP contribution in [0.25, 0.3) is 0 Å². The van der Waals surface area contributed by atoms with Gasteiger partial charge in [-0.3, -0.25) is 23.9 Å². The summed E-state index contributed by atoms with van der Waals surface area (Å²) in [4.78, 5) is 52.2. The predicted octanol–water partition coefficient (Wildman–Crippen LogP) is 10.6. The van der Waals surface area contributed by atoms with Crippen molar-refractivity contribution in [3.63, 3.8) is 0 Å². The van der Waals surface area contributed by atoms with Crippen molar-refractivity contribution in [2.75, 3.05) is 6.61 Å². The third-order valence-corrected chi connectivity index (χ3v) is 10.3. The lowest BCUT2D eigenvalue weighted by Gasteiger charge is -2.19. The van der Waals surface area contributed by atoms with E-state index in [9.17, 15) is 19.2 Å². The van der Waals surface area contributed by atoms with Crippen LogP contribution in [0.2, 0.25) is 0 Å². The highest BCUT2D eigenvalue weighted by molar-refractivity contribution is 5.70. The Balaban J connectivity index is 1.68. The summed E-state index contributed by atoms with van der Waals surface area (Å²) in [6.07, 6.45) is 32.4. The van der Waals surface area contributed by atoms with Crippen molar-refractivity contribution in [1.82, 2.24) is 9.55 Å². The Kier molecular flexibility index (Phi) is 25.5. The molecule has 0 radical (unpaired) electrons. The van der Waals surface area contributed by atoms with E-state index >= 15 is 0 Å². The molecule has 0 unspecified atom stereocenters. The van der Waals surface area contributed by atoms with Gasteiger partial charge in [-0.2, -0.15) is 0 Å². The molecule has 1 aromatic rings. The molecule has 51 heavy (non-hydrogen) atoms. The van der Waals surface area contributed by atoms with Crippen LogP contribution in [0, 0.1) is 6.92 Å². The molecule has 1 saturated heterocycles. The Bertz CT molecular complexity index is 1160. The maximum atomic E-state index is 12.8. The zero-order chi connectivity index (χ0) is 36.9. The summed E-state index contributed by atoms with van der Waals surface area (Å²) in [5, 5.41) is 0. The van der Waals surface area contributed by atoms with Gasteiger partial charge in [0.25, 0.3) is 5.56 Å². The van der Waals surface area contributed by atoms with Crippen molar-refractivity contribution in [2.24, 2.45) is 0 Å². The number of hydrogen-bond acceptors (Lipinski definition) is 7. The van der Waals surface area contributed by atoms with Crippen LogP contribution in [0.15, 0.2) is 15.8 Å². The second kappa shape index (κ2) is 29.1. The van der Waals surface area contributed by atoms with Crippen molar-refractivity contribution in [3.05, 3.63) is 32.6 Å². The van der Waals surface area contributed by atoms with Crippen molar-refractivity contribution in [1.29, 1.82) is 0 Å². The average Bonchev–Trinajstić information content (AvgIpc) is 3.51. The van der Waals surface area contributed by atoms with Crippen LogP contribution >= 0.6 is 0 Å². The summed E-state index contributed by atoms with van der Waals surface area (Å²) in [6.45, 7) is 6.07. The lowest BCUT2D eigenvalue weighted by Crippen LogP contribution is -2.33. The van der Waals surface area contributed by atoms with Crippen LogP contribution in [-0.2, 0) is 23.8 Å². The third-order valence-electron chi connectivity index (χ3n) is 10.3. The molecule has 0 aromatic carbocycles. The molecule has 0 aliphatic carbocycles. The van der Waals surface area contributed by atoms with E-state index in [2.05, 4.69) is 18.8 Å². The molecule has 1 aliphatic rings. The molecule has 0 spiro atoms. The van der Waals surface area contributed by atoms with E-state index in [1.54, 1.807) is 6.92 Å². The molecule has 3 atom stereocenters. The zero-order valence-corrected chi connectivity index (χ0v) is 32.8. The first-order chi connectivity index (χ1) is 24.8. The Morgan fingerprint density at radius 2 is 1.08 bits per heavy atom. The van der Waals surface area contributed by atoms with Gasteiger partial charge in [0.1, 0.15) is 25.0 Å². The van der Waals surface area contributed by atoms with Crippen LogP contribution in [0.4, 0.5) is 0 Å². The SMILES string of the molecule is CCCCCCCCCCCCCCCC(=O)OC[C@H]1O[C@@H](n2cc(C)c(=O)[nH]c2=O)C[C@@H]1OC(=O)CCCCCCCCCCCCCCC. The van der Waals surface area contributed by atoms with E-state index < -0.39 is 29.7 Å². The summed E-state index contributed by atoms with van der Waals surface area (Å²) < 4.78 is 18.9. The highest BCUT2D eigenvalue weighted by Gasteiger charge is 2.40. The first-order valence-corrected chi connectivity index (χ1v) is 21.2. The largest absolute Gasteiger partial charge is 0.463 e. The van der Waals surface area contributed by atoms with Crippen LogP contribution in [-0.4, -0.2) is 40.3 Å². The number of nitrogens with zero attached hydrogens (tertiary/aromatic N) is 1. The van der Waals surface area contributed by atoms with Crippen LogP contribution in [0.1, 0.15) is 212 Å². The fraction of sp³-hybridized carbons (Fsp3) is 0.857. The highest BCUT2D eigenvalue weighted by Crippen LogP contribution is 2.31. The van der Waals surface area contributed by atoms with Gasteiger partial charge < -0.3 is 14.2 Å². The predicted molar refractivity (Wildman–Crippen MR) is 206 cm³/mol. The number of rotatable bonds is 32. The molecule has 2 rings (SSSR count). The molecule has 9 nitrogen and oxygen atoms in total. The quantitative estimate of drug-likeness (QED) is 0.0582. The van der Waals surface area contributed by atoms with Crippen molar-refractivity contribution < 1.29 is 23.8 Å². The smallest absolute Gasteiger partial charge is 0.330 e. The molecule has 1 aliphatic heterocycles. The number of nitrogens with one attached hydrogen (secondary N) is 1. The second-order valence-corrected chi connectivity index (χ2v) is 15.0. The third kappa shape index (κ3) is 21.0. The summed E-state index contributed by atoms with van der Waals surface area (Å²) in [7, 11) is 0. The van der Waals surface area contributed by atoms with E-state index in [0.717, 1.165) is 38.5 Å². The molecule has 0 amide bonds. The standard InChI is InChI=1S/C42H74N2O7/c1-4-6-8-10-12-14-16-18-20-22-24-26-28-30-39(45)49-34-37-36(32-38(50-37)44-33-35(3)41(47)43-42(44)48)51-40(46)31-29-27-25-23-21-19-17-15-13-11-9-7-5-2/h33,36-38H,4-32,34H2,1-3H3,(H,43,47,48)/t36-,37+,38+/m0/s1. The van der Waals surface area contributed by atoms with Gasteiger partial charge >= 0.3 is 17.6 Å². The molecular weight excluding hydrogens is 644 g/mol. The van der Waals surface area contributed by atoms with Gasteiger partial charge in [-0.25, -0.2) is 4.79 Å². The van der Waals surface area contributed by atoms with E-state index in [4.69, 9.17) is 14.2 Å². The minimum atomic E-state index is -0.744. The number of aromatic amines is 1. The Labute approximate surface area is 309 Å². The molecule has 294 valence electrons. The van der Waals surface area contributed by atoms with Crippen molar-refractivity contribution in [3.8, 4) is 0 Å². The lowest BCUT2D eigenvalue weighted by molar-refractivity contribution is -0.158. The number of ether oxygens (including phenoxy) is 3. The van der Waals surface area contributed by atoms with Gasteiger partial charge in [0.15, 0.2) is 0 Å². The highest BCUT2D eigenvalue weighted by atomic mass is 16.6. The fourth-order valence-corrected chi connectivity index (χ4v) is 6.99. The molecule has 0 bridgehead atoms. The van der Waals surface area contributed by atoms with Gasteiger partial charge in [0, 0.05) is 31.0 Å². The molecule has 2 heterocycles. The van der Waals surface area contributed by atoms with Gasteiger partial charge in [0.05, 0.1) is 0 Å². The molecule has 9 heteroatoms. The molecule has 1 N–H and O–H groups in total. The summed E-state index contributed by atoms with van der Waals surface area (Å²) in [5.41, 5.74) is -0.664. The Hall–Kier alpha value is -2.42. The first-order valence-electron chi connectivity index (χ1n) is 21.2. The van der Waals surface area contributed by atoms with Crippen LogP contribution in [0.5, 0.6) is 0 Å². The van der Waals surface area contributed by atoms with Crippen LogP contribution in [0.3, 0.4) is 0 Å². The maximum absolute atomic E-state index is 12.8. The van der Waals surface area contributed by atoms with E-state index in [-0.39, 0.29) is 25.0 Å².